The number of nitrogens with zero attached hydrogens (tertiary/aromatic N) is 2. The summed E-state index contributed by atoms with van der Waals surface area (Å²) < 4.78 is 5.45. The molecule has 2 rings (SSSR count). The van der Waals surface area contributed by atoms with Gasteiger partial charge in [-0.2, -0.15) is 5.26 Å². The van der Waals surface area contributed by atoms with Crippen molar-refractivity contribution in [2.75, 3.05) is 0 Å². The van der Waals surface area contributed by atoms with Crippen LogP contribution in [0.25, 0.3) is 0 Å². The smallest absolute Gasteiger partial charge is 0.238 e. The summed E-state index contributed by atoms with van der Waals surface area (Å²) in [6.45, 7) is 0. The van der Waals surface area contributed by atoms with Gasteiger partial charge in [-0.1, -0.05) is 23.1 Å². The number of carbonyl (C=O) groups is 1. The summed E-state index contributed by atoms with van der Waals surface area (Å²) in [5, 5.41) is 9.15. The van der Waals surface area contributed by atoms with Gasteiger partial charge >= 0.3 is 0 Å². The largest absolute Gasteiger partial charge is 0.438 e. The van der Waals surface area contributed by atoms with E-state index in [-0.39, 0.29) is 16.6 Å². The molecular weight excluding hydrogens is 262 g/mol. The Hall–Kier alpha value is -2.32. The standard InChI is InChI=1S/C13H6BClN2O2/c14-11-3-2-10(5-9(11)7-18)19-13-8(6-16)1-4-12(15)17-13/h1-5,7H. The van der Waals surface area contributed by atoms with Gasteiger partial charge in [-0.05, 0) is 24.3 Å². The van der Waals surface area contributed by atoms with Gasteiger partial charge in [0, 0.05) is 5.56 Å². The average Bonchev–Trinajstić information content (AvgIpc) is 2.41. The molecule has 0 N–H and O–H groups in total. The molecule has 0 aliphatic carbocycles. The summed E-state index contributed by atoms with van der Waals surface area (Å²) in [6, 6.07) is 9.52. The Labute approximate surface area is 116 Å². The summed E-state index contributed by atoms with van der Waals surface area (Å²) in [6.07, 6.45) is 0.624. The Kier molecular flexibility index (Phi) is 3.83. The van der Waals surface area contributed by atoms with Crippen LogP contribution in [0, 0.1) is 11.3 Å². The molecule has 2 radical (unpaired) electrons. The van der Waals surface area contributed by atoms with Crippen LogP contribution in [0.3, 0.4) is 0 Å². The SMILES string of the molecule is [B]c1ccc(Oc2nc(Cl)ccc2C#N)cc1C=O. The van der Waals surface area contributed by atoms with Crippen LogP contribution in [0.15, 0.2) is 30.3 Å². The van der Waals surface area contributed by atoms with Gasteiger partial charge in [0.1, 0.15) is 36.7 Å². The van der Waals surface area contributed by atoms with Gasteiger partial charge in [-0.15, -0.1) is 0 Å². The Morgan fingerprint density at radius 2 is 2.16 bits per heavy atom. The molecule has 0 amide bonds. The van der Waals surface area contributed by atoms with Gasteiger partial charge in [0.25, 0.3) is 0 Å². The van der Waals surface area contributed by atoms with Gasteiger partial charge in [-0.25, -0.2) is 4.98 Å². The lowest BCUT2D eigenvalue weighted by Crippen LogP contribution is -2.09. The maximum atomic E-state index is 10.8. The van der Waals surface area contributed by atoms with Crippen molar-refractivity contribution in [3.63, 3.8) is 0 Å². The number of carbonyl (C=O) groups excluding carboxylic acids is 1. The summed E-state index contributed by atoms with van der Waals surface area (Å²) in [5.41, 5.74) is 0.897. The van der Waals surface area contributed by atoms with Crippen LogP contribution in [0.5, 0.6) is 11.6 Å². The number of nitriles is 1. The lowest BCUT2D eigenvalue weighted by atomic mass is 9.91. The minimum absolute atomic E-state index is 0.0802. The molecule has 6 heteroatoms. The Morgan fingerprint density at radius 1 is 1.37 bits per heavy atom. The molecule has 0 fully saturated rings. The van der Waals surface area contributed by atoms with E-state index in [1.54, 1.807) is 6.07 Å². The Balaban J connectivity index is 2.39. The molecule has 4 nitrogen and oxygen atoms in total. The van der Waals surface area contributed by atoms with Gasteiger partial charge in [-0.3, -0.25) is 4.79 Å². The van der Waals surface area contributed by atoms with Crippen molar-refractivity contribution in [2.24, 2.45) is 0 Å². The fourth-order valence-electron chi connectivity index (χ4n) is 1.41. The first-order chi connectivity index (χ1) is 9.13. The topological polar surface area (TPSA) is 63.0 Å². The number of aldehydes is 1. The van der Waals surface area contributed by atoms with E-state index < -0.39 is 0 Å². The third-order valence-electron chi connectivity index (χ3n) is 2.35. The number of hydrogen-bond acceptors (Lipinski definition) is 4. The number of aromatic nitrogens is 1. The third kappa shape index (κ3) is 2.93. The van der Waals surface area contributed by atoms with E-state index in [2.05, 4.69) is 4.98 Å². The fraction of sp³-hybridized carbons (Fsp3) is 0. The fourth-order valence-corrected chi connectivity index (χ4v) is 1.55. The minimum atomic E-state index is 0.0802. The highest BCUT2D eigenvalue weighted by molar-refractivity contribution is 6.35. The van der Waals surface area contributed by atoms with Crippen LogP contribution in [0.2, 0.25) is 5.15 Å². The maximum Gasteiger partial charge on any atom is 0.238 e. The zero-order valence-electron chi connectivity index (χ0n) is 9.63. The van der Waals surface area contributed by atoms with Gasteiger partial charge < -0.3 is 4.74 Å². The summed E-state index contributed by atoms with van der Waals surface area (Å²) in [7, 11) is 5.60. The lowest BCUT2D eigenvalue weighted by Gasteiger charge is -2.08. The first kappa shape index (κ1) is 13.1. The molecule has 0 aliphatic rings. The van der Waals surface area contributed by atoms with Crippen LogP contribution in [-0.4, -0.2) is 19.1 Å². The molecule has 1 heterocycles. The molecule has 0 saturated heterocycles. The Morgan fingerprint density at radius 3 is 2.84 bits per heavy atom. The van der Waals surface area contributed by atoms with Crippen LogP contribution in [0.4, 0.5) is 0 Å². The molecule has 90 valence electrons. The van der Waals surface area contributed by atoms with Gasteiger partial charge in [0.15, 0.2) is 0 Å². The molecule has 2 aromatic rings. The monoisotopic (exact) mass is 268 g/mol. The lowest BCUT2D eigenvalue weighted by molar-refractivity contribution is 0.112. The summed E-state index contributed by atoms with van der Waals surface area (Å²) in [4.78, 5) is 14.7. The normalized spacial score (nSPS) is 9.68. The van der Waals surface area contributed by atoms with Crippen LogP contribution < -0.4 is 10.2 Å². The van der Waals surface area contributed by atoms with E-state index in [0.717, 1.165) is 0 Å². The number of halogens is 1. The minimum Gasteiger partial charge on any atom is -0.438 e. The van der Waals surface area contributed by atoms with E-state index in [1.165, 1.54) is 24.3 Å². The number of hydrogen-bond donors (Lipinski definition) is 0. The first-order valence-electron chi connectivity index (χ1n) is 5.23. The molecular formula is C13H6BClN2O2. The molecule has 1 aromatic heterocycles. The van der Waals surface area contributed by atoms with Crippen molar-refractivity contribution >= 4 is 31.2 Å². The predicted octanol–water partition coefficient (Wildman–Crippen LogP) is 2.01. The zero-order valence-corrected chi connectivity index (χ0v) is 10.4. The number of rotatable bonds is 3. The van der Waals surface area contributed by atoms with E-state index >= 15 is 0 Å². The Bertz CT molecular complexity index is 683. The van der Waals surface area contributed by atoms with E-state index in [1.807, 2.05) is 6.07 Å². The van der Waals surface area contributed by atoms with Crippen LogP contribution in [-0.2, 0) is 0 Å². The highest BCUT2D eigenvalue weighted by atomic mass is 35.5. The number of pyridine rings is 1. The van der Waals surface area contributed by atoms with Gasteiger partial charge in [0.05, 0.1) is 0 Å². The molecule has 0 atom stereocenters. The van der Waals surface area contributed by atoms with Crippen LogP contribution in [0.1, 0.15) is 15.9 Å². The molecule has 0 bridgehead atoms. The predicted molar refractivity (Wildman–Crippen MR) is 71.3 cm³/mol. The molecule has 0 spiro atoms. The zero-order chi connectivity index (χ0) is 13.8. The second kappa shape index (κ2) is 5.55. The second-order valence-electron chi connectivity index (χ2n) is 3.61. The first-order valence-corrected chi connectivity index (χ1v) is 5.61. The van der Waals surface area contributed by atoms with Crippen molar-refractivity contribution in [1.29, 1.82) is 5.26 Å². The third-order valence-corrected chi connectivity index (χ3v) is 2.56. The molecule has 0 unspecified atom stereocenters. The highest BCUT2D eigenvalue weighted by Crippen LogP contribution is 2.24. The molecule has 19 heavy (non-hydrogen) atoms. The average molecular weight is 268 g/mol. The summed E-state index contributed by atoms with van der Waals surface area (Å²) in [5.74, 6) is 0.430. The molecule has 0 aliphatic heterocycles. The highest BCUT2D eigenvalue weighted by Gasteiger charge is 2.08. The quantitative estimate of drug-likeness (QED) is 0.485. The van der Waals surface area contributed by atoms with Crippen molar-refractivity contribution in [1.82, 2.24) is 4.98 Å². The van der Waals surface area contributed by atoms with Crippen molar-refractivity contribution < 1.29 is 9.53 Å². The number of ether oxygens (including phenoxy) is 1. The van der Waals surface area contributed by atoms with E-state index in [0.29, 0.717) is 23.1 Å². The van der Waals surface area contributed by atoms with Crippen LogP contribution >= 0.6 is 11.6 Å². The van der Waals surface area contributed by atoms with E-state index in [9.17, 15) is 4.79 Å². The van der Waals surface area contributed by atoms with Crippen molar-refractivity contribution in [3.8, 4) is 17.7 Å². The molecule has 1 aromatic carbocycles. The van der Waals surface area contributed by atoms with Gasteiger partial charge in [0.2, 0.25) is 5.88 Å². The molecule has 0 saturated carbocycles. The second-order valence-corrected chi connectivity index (χ2v) is 4.00. The van der Waals surface area contributed by atoms with Crippen molar-refractivity contribution in [2.45, 2.75) is 0 Å². The number of benzene rings is 1. The maximum absolute atomic E-state index is 10.8. The van der Waals surface area contributed by atoms with Crippen molar-refractivity contribution in [3.05, 3.63) is 46.6 Å². The van der Waals surface area contributed by atoms with E-state index in [4.69, 9.17) is 29.4 Å². The summed E-state index contributed by atoms with van der Waals surface area (Å²) >= 11 is 5.75.